The quantitative estimate of drug-likeness (QED) is 0.773. The van der Waals surface area contributed by atoms with E-state index in [1.54, 1.807) is 12.1 Å². The van der Waals surface area contributed by atoms with E-state index >= 15 is 0 Å². The lowest BCUT2D eigenvalue weighted by Crippen LogP contribution is -2.34. The van der Waals surface area contributed by atoms with Gasteiger partial charge in [0.15, 0.2) is 0 Å². The molecule has 0 aromatic heterocycles. The third kappa shape index (κ3) is 4.58. The van der Waals surface area contributed by atoms with Crippen LogP contribution in [0.1, 0.15) is 32.8 Å². The van der Waals surface area contributed by atoms with Gasteiger partial charge in [0, 0.05) is 12.6 Å². The summed E-state index contributed by atoms with van der Waals surface area (Å²) >= 11 is 0. The van der Waals surface area contributed by atoms with Crippen molar-refractivity contribution in [2.24, 2.45) is 5.92 Å². The van der Waals surface area contributed by atoms with E-state index in [0.29, 0.717) is 23.8 Å². The van der Waals surface area contributed by atoms with Gasteiger partial charge >= 0.3 is 0 Å². The van der Waals surface area contributed by atoms with Gasteiger partial charge in [-0.1, -0.05) is 39.0 Å². The number of nitrogens with one attached hydrogen (secondary N) is 2. The van der Waals surface area contributed by atoms with Crippen LogP contribution < -0.4 is 10.0 Å². The van der Waals surface area contributed by atoms with Crippen molar-refractivity contribution in [2.75, 3.05) is 13.6 Å². The van der Waals surface area contributed by atoms with E-state index < -0.39 is 10.0 Å². The maximum Gasteiger partial charge on any atom is 0.240 e. The molecule has 0 aliphatic carbocycles. The lowest BCUT2D eigenvalue weighted by Gasteiger charge is -2.21. The maximum atomic E-state index is 12.3. The second-order valence-corrected chi connectivity index (χ2v) is 7.08. The maximum absolute atomic E-state index is 12.3. The van der Waals surface area contributed by atoms with E-state index in [9.17, 15) is 8.42 Å². The van der Waals surface area contributed by atoms with E-state index in [4.69, 9.17) is 0 Å². The molecule has 0 aliphatic heterocycles. The first kappa shape index (κ1) is 17.1. The molecule has 0 saturated heterocycles. The normalized spacial score (nSPS) is 13.7. The van der Waals surface area contributed by atoms with Gasteiger partial charge in [0.1, 0.15) is 0 Å². The summed E-state index contributed by atoms with van der Waals surface area (Å²) < 4.78 is 27.3. The lowest BCUT2D eigenvalue weighted by molar-refractivity contribution is 0.422. The van der Waals surface area contributed by atoms with Crippen LogP contribution in [0, 0.1) is 5.92 Å². The minimum absolute atomic E-state index is 0.262. The van der Waals surface area contributed by atoms with Crippen LogP contribution >= 0.6 is 0 Å². The van der Waals surface area contributed by atoms with Crippen LogP contribution in [-0.2, 0) is 16.4 Å². The number of hydrogen-bond acceptors (Lipinski definition) is 3. The summed E-state index contributed by atoms with van der Waals surface area (Å²) in [5.74, 6) is 0.444. The Hall–Kier alpha value is -0.910. The molecule has 2 N–H and O–H groups in total. The highest BCUT2D eigenvalue weighted by Crippen LogP contribution is 2.19. The van der Waals surface area contributed by atoms with E-state index in [2.05, 4.69) is 23.9 Å². The third-order valence-corrected chi connectivity index (χ3v) is 4.98. The van der Waals surface area contributed by atoms with Gasteiger partial charge in [0.25, 0.3) is 0 Å². The van der Waals surface area contributed by atoms with Crippen molar-refractivity contribution < 1.29 is 8.42 Å². The van der Waals surface area contributed by atoms with E-state index in [1.807, 2.05) is 26.1 Å². The SMILES string of the molecule is CCCNS(=O)(=O)c1ccccc1CC(NC)C(C)C. The molecular formula is C15H26N2O2S. The number of likely N-dealkylation sites (N-methyl/N-ethyl adjacent to an activating group) is 1. The van der Waals surface area contributed by atoms with Gasteiger partial charge in [0.05, 0.1) is 4.90 Å². The van der Waals surface area contributed by atoms with Crippen LogP contribution in [0.5, 0.6) is 0 Å². The fraction of sp³-hybridized carbons (Fsp3) is 0.600. The minimum Gasteiger partial charge on any atom is -0.316 e. The first-order chi connectivity index (χ1) is 9.42. The van der Waals surface area contributed by atoms with E-state index in [1.165, 1.54) is 0 Å². The first-order valence-electron chi connectivity index (χ1n) is 7.17. The molecule has 4 nitrogen and oxygen atoms in total. The Balaban J connectivity index is 3.05. The van der Waals surface area contributed by atoms with Crippen LogP contribution in [0.15, 0.2) is 29.2 Å². The third-order valence-electron chi connectivity index (χ3n) is 3.42. The van der Waals surface area contributed by atoms with Gasteiger partial charge in [-0.15, -0.1) is 0 Å². The molecule has 20 heavy (non-hydrogen) atoms. The van der Waals surface area contributed by atoms with Gasteiger partial charge in [-0.05, 0) is 37.4 Å². The molecule has 0 fully saturated rings. The van der Waals surface area contributed by atoms with Crippen molar-refractivity contribution >= 4 is 10.0 Å². The Morgan fingerprint density at radius 3 is 2.40 bits per heavy atom. The molecule has 0 amide bonds. The minimum atomic E-state index is -3.41. The largest absolute Gasteiger partial charge is 0.316 e. The fourth-order valence-corrected chi connectivity index (χ4v) is 3.54. The molecule has 0 spiro atoms. The second-order valence-electron chi connectivity index (χ2n) is 5.35. The van der Waals surface area contributed by atoms with E-state index in [0.717, 1.165) is 12.0 Å². The standard InChI is InChI=1S/C15H26N2O2S/c1-5-10-17-20(18,19)15-9-7-6-8-13(15)11-14(16-4)12(2)3/h6-9,12,14,16-17H,5,10-11H2,1-4H3. The zero-order valence-electron chi connectivity index (χ0n) is 12.8. The van der Waals surface area contributed by atoms with Crippen LogP contribution in [0.25, 0.3) is 0 Å². The number of rotatable bonds is 8. The predicted molar refractivity (Wildman–Crippen MR) is 83.3 cm³/mol. The van der Waals surface area contributed by atoms with Gasteiger partial charge < -0.3 is 5.32 Å². The molecule has 5 heteroatoms. The first-order valence-corrected chi connectivity index (χ1v) is 8.65. The summed E-state index contributed by atoms with van der Waals surface area (Å²) in [4.78, 5) is 0.398. The van der Waals surface area contributed by atoms with Crippen LogP contribution in [0.3, 0.4) is 0 Å². The molecule has 0 saturated carbocycles. The molecule has 1 aromatic rings. The van der Waals surface area contributed by atoms with Crippen LogP contribution in [0.2, 0.25) is 0 Å². The molecule has 1 rings (SSSR count). The van der Waals surface area contributed by atoms with E-state index in [-0.39, 0.29) is 6.04 Å². The summed E-state index contributed by atoms with van der Waals surface area (Å²) in [5.41, 5.74) is 0.865. The lowest BCUT2D eigenvalue weighted by atomic mass is 9.97. The Morgan fingerprint density at radius 2 is 1.85 bits per heavy atom. The Bertz CT molecular complexity index is 512. The van der Waals surface area contributed by atoms with Crippen molar-refractivity contribution in [1.82, 2.24) is 10.0 Å². The molecule has 1 atom stereocenters. The summed E-state index contributed by atoms with van der Waals surface area (Å²) in [5, 5.41) is 3.26. The second kappa shape index (κ2) is 7.76. The predicted octanol–water partition coefficient (Wildman–Crippen LogP) is 2.16. The van der Waals surface area contributed by atoms with Gasteiger partial charge in [-0.3, -0.25) is 0 Å². The van der Waals surface area contributed by atoms with Crippen LogP contribution in [-0.4, -0.2) is 28.1 Å². The molecule has 1 unspecified atom stereocenters. The number of benzene rings is 1. The molecule has 1 aromatic carbocycles. The van der Waals surface area contributed by atoms with Crippen LogP contribution in [0.4, 0.5) is 0 Å². The average molecular weight is 298 g/mol. The smallest absolute Gasteiger partial charge is 0.240 e. The summed E-state index contributed by atoms with van der Waals surface area (Å²) in [6.45, 7) is 6.68. The van der Waals surface area contributed by atoms with Crippen molar-refractivity contribution in [3.8, 4) is 0 Å². The summed E-state index contributed by atoms with van der Waals surface area (Å²) in [7, 11) is -1.50. The zero-order chi connectivity index (χ0) is 15.2. The van der Waals surface area contributed by atoms with Gasteiger partial charge in [-0.25, -0.2) is 13.1 Å². The Kier molecular flexibility index (Phi) is 6.65. The van der Waals surface area contributed by atoms with Gasteiger partial charge in [0.2, 0.25) is 10.0 Å². The molecule has 0 aliphatic rings. The summed E-state index contributed by atoms with van der Waals surface area (Å²) in [6, 6.07) is 7.50. The highest BCUT2D eigenvalue weighted by molar-refractivity contribution is 7.89. The molecule has 0 heterocycles. The monoisotopic (exact) mass is 298 g/mol. The van der Waals surface area contributed by atoms with Crippen molar-refractivity contribution in [3.05, 3.63) is 29.8 Å². The number of hydrogen-bond donors (Lipinski definition) is 2. The zero-order valence-corrected chi connectivity index (χ0v) is 13.6. The van der Waals surface area contributed by atoms with Crippen molar-refractivity contribution in [2.45, 2.75) is 44.6 Å². The topological polar surface area (TPSA) is 58.2 Å². The highest BCUT2D eigenvalue weighted by atomic mass is 32.2. The van der Waals surface area contributed by atoms with Crippen molar-refractivity contribution in [3.63, 3.8) is 0 Å². The summed E-state index contributed by atoms with van der Waals surface area (Å²) in [6.07, 6.45) is 1.49. The molecular weight excluding hydrogens is 272 g/mol. The average Bonchev–Trinajstić information content (AvgIpc) is 2.42. The van der Waals surface area contributed by atoms with Gasteiger partial charge in [-0.2, -0.15) is 0 Å². The number of sulfonamides is 1. The Morgan fingerprint density at radius 1 is 1.20 bits per heavy atom. The molecule has 0 bridgehead atoms. The highest BCUT2D eigenvalue weighted by Gasteiger charge is 2.20. The molecule has 0 radical (unpaired) electrons. The molecule has 114 valence electrons. The fourth-order valence-electron chi connectivity index (χ4n) is 2.16. The Labute approximate surface area is 123 Å². The van der Waals surface area contributed by atoms with Crippen molar-refractivity contribution in [1.29, 1.82) is 0 Å².